The van der Waals surface area contributed by atoms with Gasteiger partial charge in [0.1, 0.15) is 6.04 Å². The Labute approximate surface area is 253 Å². The fraction of sp³-hybridized carbons (Fsp3) is 0.344. The maximum atomic E-state index is 14.2. The molecule has 4 amide bonds. The average Bonchev–Trinajstić information content (AvgIpc) is 3.05. The number of hydrogen-bond acceptors (Lipinski definition) is 5. The number of urea groups is 1. The Morgan fingerprint density at radius 1 is 0.860 bits per heavy atom. The lowest BCUT2D eigenvalue weighted by molar-refractivity contribution is -0.146. The van der Waals surface area contributed by atoms with Crippen molar-refractivity contribution in [1.29, 1.82) is 0 Å². The molecule has 1 heterocycles. The Hall–Kier alpha value is -4.38. The third-order valence-corrected chi connectivity index (χ3v) is 7.60. The van der Waals surface area contributed by atoms with Gasteiger partial charge in [0.05, 0.1) is 18.0 Å². The van der Waals surface area contributed by atoms with Gasteiger partial charge in [-0.2, -0.15) is 0 Å². The average molecular weight is 606 g/mol. The maximum Gasteiger partial charge on any atom is 0.319 e. The van der Waals surface area contributed by atoms with Gasteiger partial charge >= 0.3 is 6.03 Å². The van der Waals surface area contributed by atoms with Crippen molar-refractivity contribution in [1.82, 2.24) is 15.8 Å². The molecule has 0 spiro atoms. The summed E-state index contributed by atoms with van der Waals surface area (Å²) in [4.78, 5) is 40.6. The van der Waals surface area contributed by atoms with Crippen molar-refractivity contribution in [2.24, 2.45) is 5.41 Å². The van der Waals surface area contributed by atoms with Gasteiger partial charge in [-0.3, -0.25) is 19.7 Å². The summed E-state index contributed by atoms with van der Waals surface area (Å²) < 4.78 is 25.7. The Morgan fingerprint density at radius 2 is 1.47 bits per heavy atom. The standard InChI is InChI=1S/C32H39N5O5S/c1-32(2,3)21-29(38)35-37-28(23-14-9-6-10-15-23)19-24(22-12-7-5-8-13-22)18-27(30(37)39)34-31(40)33-25-16-11-17-26(20-25)36-43(4,41)42/h5-17,20,24,27-28,36H,18-19,21H2,1-4H3,(H,35,38)(H2,33,34,40). The lowest BCUT2D eigenvalue weighted by Crippen LogP contribution is -2.55. The normalized spacial score (nSPS) is 19.2. The van der Waals surface area contributed by atoms with Crippen LogP contribution in [0.1, 0.15) is 63.1 Å². The van der Waals surface area contributed by atoms with Crippen LogP contribution in [-0.2, 0) is 19.6 Å². The van der Waals surface area contributed by atoms with E-state index in [0.29, 0.717) is 18.5 Å². The fourth-order valence-electron chi connectivity index (χ4n) is 5.24. The summed E-state index contributed by atoms with van der Waals surface area (Å²) in [6, 6.07) is 23.5. The smallest absolute Gasteiger partial charge is 0.319 e. The molecular formula is C32H39N5O5S. The van der Waals surface area contributed by atoms with E-state index in [1.807, 2.05) is 81.4 Å². The molecule has 0 saturated carbocycles. The molecule has 4 rings (SSSR count). The minimum atomic E-state index is -3.51. The van der Waals surface area contributed by atoms with E-state index in [-0.39, 0.29) is 29.3 Å². The van der Waals surface area contributed by atoms with Crippen LogP contribution in [0.25, 0.3) is 0 Å². The van der Waals surface area contributed by atoms with E-state index in [1.54, 1.807) is 18.2 Å². The zero-order valence-corrected chi connectivity index (χ0v) is 25.6. The van der Waals surface area contributed by atoms with Crippen molar-refractivity contribution in [3.05, 3.63) is 96.1 Å². The van der Waals surface area contributed by atoms with Crippen molar-refractivity contribution in [2.45, 2.75) is 58.0 Å². The van der Waals surface area contributed by atoms with Crippen LogP contribution in [0.5, 0.6) is 0 Å². The molecule has 0 aromatic heterocycles. The lowest BCUT2D eigenvalue weighted by Gasteiger charge is -2.33. The summed E-state index contributed by atoms with van der Waals surface area (Å²) >= 11 is 0. The van der Waals surface area contributed by atoms with Gasteiger partial charge in [-0.1, -0.05) is 87.5 Å². The number of hydrogen-bond donors (Lipinski definition) is 4. The third kappa shape index (κ3) is 9.31. The molecule has 1 aliphatic rings. The number of nitrogens with zero attached hydrogens (tertiary/aromatic N) is 1. The van der Waals surface area contributed by atoms with E-state index in [9.17, 15) is 22.8 Å². The predicted octanol–water partition coefficient (Wildman–Crippen LogP) is 5.16. The Balaban J connectivity index is 1.65. The highest BCUT2D eigenvalue weighted by Crippen LogP contribution is 2.38. The van der Waals surface area contributed by atoms with E-state index in [0.717, 1.165) is 17.4 Å². The number of amides is 4. The van der Waals surface area contributed by atoms with Crippen LogP contribution in [0.4, 0.5) is 16.2 Å². The SMILES string of the molecule is CC(C)(C)CC(=O)NN1C(=O)C(NC(=O)Nc2cccc(NS(C)(=O)=O)c2)CC(c2ccccc2)CC1c1ccccc1. The van der Waals surface area contributed by atoms with E-state index < -0.39 is 34.0 Å². The topological polar surface area (TPSA) is 137 Å². The van der Waals surface area contributed by atoms with E-state index >= 15 is 0 Å². The van der Waals surface area contributed by atoms with Crippen molar-refractivity contribution >= 4 is 39.2 Å². The van der Waals surface area contributed by atoms with Gasteiger partial charge in [-0.25, -0.2) is 18.2 Å². The number of rotatable bonds is 8. The summed E-state index contributed by atoms with van der Waals surface area (Å²) in [5, 5.41) is 6.90. The number of anilines is 2. The van der Waals surface area contributed by atoms with Crippen LogP contribution in [0, 0.1) is 5.41 Å². The molecule has 0 aliphatic carbocycles. The third-order valence-electron chi connectivity index (χ3n) is 7.00. The van der Waals surface area contributed by atoms with Crippen LogP contribution < -0.4 is 20.8 Å². The predicted molar refractivity (Wildman–Crippen MR) is 168 cm³/mol. The molecule has 3 atom stereocenters. The lowest BCUT2D eigenvalue weighted by atomic mass is 9.86. The number of carbonyl (C=O) groups is 3. The molecule has 0 bridgehead atoms. The van der Waals surface area contributed by atoms with Crippen LogP contribution in [0.2, 0.25) is 0 Å². The second-order valence-corrected chi connectivity index (χ2v) is 13.8. The molecule has 3 aromatic rings. The second-order valence-electron chi connectivity index (χ2n) is 12.1. The molecule has 1 fully saturated rings. The first-order valence-corrected chi connectivity index (χ1v) is 16.0. The van der Waals surface area contributed by atoms with E-state index in [2.05, 4.69) is 20.8 Å². The monoisotopic (exact) mass is 605 g/mol. The largest absolute Gasteiger partial charge is 0.326 e. The molecule has 228 valence electrons. The summed E-state index contributed by atoms with van der Waals surface area (Å²) in [5.41, 5.74) is 5.09. The number of sulfonamides is 1. The van der Waals surface area contributed by atoms with Gasteiger partial charge < -0.3 is 10.6 Å². The van der Waals surface area contributed by atoms with Crippen LogP contribution in [0.3, 0.4) is 0 Å². The second kappa shape index (κ2) is 13.3. The van der Waals surface area contributed by atoms with Gasteiger partial charge in [0.15, 0.2) is 0 Å². The molecule has 1 aliphatic heterocycles. The van der Waals surface area contributed by atoms with Gasteiger partial charge in [0.25, 0.3) is 5.91 Å². The van der Waals surface area contributed by atoms with Crippen LogP contribution in [-0.4, -0.2) is 43.6 Å². The first-order valence-electron chi connectivity index (χ1n) is 14.2. The van der Waals surface area contributed by atoms with Crippen molar-refractivity contribution < 1.29 is 22.8 Å². The molecule has 10 nitrogen and oxygen atoms in total. The summed E-state index contributed by atoms with van der Waals surface area (Å²) in [5.74, 6) is -0.844. The zero-order valence-electron chi connectivity index (χ0n) is 24.8. The fourth-order valence-corrected chi connectivity index (χ4v) is 5.80. The molecule has 3 aromatic carbocycles. The first-order chi connectivity index (χ1) is 20.3. The number of carbonyl (C=O) groups excluding carboxylic acids is 3. The summed E-state index contributed by atoms with van der Waals surface area (Å²) in [6.07, 6.45) is 2.07. The number of hydrazine groups is 1. The Morgan fingerprint density at radius 3 is 2.07 bits per heavy atom. The van der Waals surface area contributed by atoms with Crippen molar-refractivity contribution in [3.8, 4) is 0 Å². The van der Waals surface area contributed by atoms with Gasteiger partial charge in [0, 0.05) is 12.1 Å². The van der Waals surface area contributed by atoms with E-state index in [4.69, 9.17) is 0 Å². The van der Waals surface area contributed by atoms with E-state index in [1.165, 1.54) is 11.1 Å². The zero-order chi connectivity index (χ0) is 31.2. The van der Waals surface area contributed by atoms with Crippen molar-refractivity contribution in [3.63, 3.8) is 0 Å². The molecule has 4 N–H and O–H groups in total. The Bertz CT molecular complexity index is 1540. The van der Waals surface area contributed by atoms with Crippen LogP contribution in [0.15, 0.2) is 84.9 Å². The highest BCUT2D eigenvalue weighted by Gasteiger charge is 2.40. The minimum absolute atomic E-state index is 0.118. The highest BCUT2D eigenvalue weighted by molar-refractivity contribution is 7.92. The van der Waals surface area contributed by atoms with Gasteiger partial charge in [-0.15, -0.1) is 0 Å². The molecule has 11 heteroatoms. The number of nitrogens with one attached hydrogen (secondary N) is 4. The minimum Gasteiger partial charge on any atom is -0.326 e. The quantitative estimate of drug-likeness (QED) is 0.281. The summed E-state index contributed by atoms with van der Waals surface area (Å²) in [7, 11) is -3.51. The molecular weight excluding hydrogens is 566 g/mol. The molecule has 1 saturated heterocycles. The molecule has 0 radical (unpaired) electrons. The number of benzene rings is 3. The van der Waals surface area contributed by atoms with Gasteiger partial charge in [-0.05, 0) is 53.5 Å². The first kappa shape index (κ1) is 31.6. The van der Waals surface area contributed by atoms with Gasteiger partial charge in [0.2, 0.25) is 15.9 Å². The highest BCUT2D eigenvalue weighted by atomic mass is 32.2. The molecule has 3 unspecified atom stereocenters. The van der Waals surface area contributed by atoms with Crippen molar-refractivity contribution in [2.75, 3.05) is 16.3 Å². The maximum absolute atomic E-state index is 14.2. The summed E-state index contributed by atoms with van der Waals surface area (Å²) in [6.45, 7) is 5.85. The molecule has 43 heavy (non-hydrogen) atoms. The van der Waals surface area contributed by atoms with Crippen LogP contribution >= 0.6 is 0 Å². The Kier molecular flexibility index (Phi) is 9.75.